The number of hydrogen-bond donors (Lipinski definition) is 0. The SMILES string of the molecule is CCN(C(=O)COC(=O)CN1C(=O)c2ccccc2C1=O)c1ccc(F)cc1. The van der Waals surface area contributed by atoms with Crippen molar-refractivity contribution in [3.63, 3.8) is 0 Å². The number of nitrogens with zero attached hydrogens (tertiary/aromatic N) is 2. The Morgan fingerprint density at radius 2 is 1.57 bits per heavy atom. The third-order valence-electron chi connectivity index (χ3n) is 4.28. The number of benzene rings is 2. The molecule has 0 aliphatic carbocycles. The molecule has 0 unspecified atom stereocenters. The van der Waals surface area contributed by atoms with Gasteiger partial charge in [0.15, 0.2) is 6.61 Å². The summed E-state index contributed by atoms with van der Waals surface area (Å²) >= 11 is 0. The third-order valence-corrected chi connectivity index (χ3v) is 4.28. The first-order valence-corrected chi connectivity index (χ1v) is 8.59. The maximum atomic E-state index is 13.0. The highest BCUT2D eigenvalue weighted by atomic mass is 19.1. The van der Waals surface area contributed by atoms with Crippen LogP contribution in [0.4, 0.5) is 10.1 Å². The molecule has 1 aliphatic heterocycles. The van der Waals surface area contributed by atoms with Crippen molar-refractivity contribution >= 4 is 29.4 Å². The van der Waals surface area contributed by atoms with Crippen molar-refractivity contribution < 1.29 is 28.3 Å². The summed E-state index contributed by atoms with van der Waals surface area (Å²) in [7, 11) is 0. The molecular formula is C20H17FN2O5. The number of ether oxygens (including phenoxy) is 1. The van der Waals surface area contributed by atoms with Gasteiger partial charge in [0.2, 0.25) is 0 Å². The number of rotatable bonds is 6. The summed E-state index contributed by atoms with van der Waals surface area (Å²) in [5.41, 5.74) is 0.917. The predicted molar refractivity (Wildman–Crippen MR) is 97.2 cm³/mol. The molecule has 0 saturated carbocycles. The highest BCUT2D eigenvalue weighted by Crippen LogP contribution is 2.22. The van der Waals surface area contributed by atoms with Crippen LogP contribution in [0.15, 0.2) is 48.5 Å². The molecule has 1 heterocycles. The van der Waals surface area contributed by atoms with Gasteiger partial charge in [-0.2, -0.15) is 0 Å². The molecule has 2 aromatic rings. The number of likely N-dealkylation sites (N-methyl/N-ethyl adjacent to an activating group) is 1. The van der Waals surface area contributed by atoms with Gasteiger partial charge in [0.25, 0.3) is 17.7 Å². The van der Waals surface area contributed by atoms with Gasteiger partial charge in [-0.15, -0.1) is 0 Å². The standard InChI is InChI=1S/C20H17FN2O5/c1-2-22(14-9-7-13(21)8-10-14)17(24)12-28-18(25)11-23-19(26)15-5-3-4-6-16(15)20(23)27/h3-10H,2,11-12H2,1H3. The van der Waals surface area contributed by atoms with Gasteiger partial charge >= 0.3 is 5.97 Å². The number of fused-ring (bicyclic) bond motifs is 1. The zero-order chi connectivity index (χ0) is 20.3. The molecule has 0 radical (unpaired) electrons. The zero-order valence-corrected chi connectivity index (χ0v) is 15.1. The van der Waals surface area contributed by atoms with Crippen molar-refractivity contribution in [2.24, 2.45) is 0 Å². The topological polar surface area (TPSA) is 84.0 Å². The van der Waals surface area contributed by atoms with E-state index in [2.05, 4.69) is 0 Å². The summed E-state index contributed by atoms with van der Waals surface area (Å²) < 4.78 is 18.0. The normalized spacial score (nSPS) is 12.7. The van der Waals surface area contributed by atoms with Crippen molar-refractivity contribution in [3.8, 4) is 0 Å². The lowest BCUT2D eigenvalue weighted by molar-refractivity contribution is -0.148. The summed E-state index contributed by atoms with van der Waals surface area (Å²) in [6.45, 7) is 0.873. The van der Waals surface area contributed by atoms with Crippen LogP contribution in [0.3, 0.4) is 0 Å². The van der Waals surface area contributed by atoms with Crippen molar-refractivity contribution in [2.45, 2.75) is 6.92 Å². The van der Waals surface area contributed by atoms with Crippen LogP contribution in [0.5, 0.6) is 0 Å². The second-order valence-electron chi connectivity index (χ2n) is 6.02. The molecule has 2 aromatic carbocycles. The Kier molecular flexibility index (Phi) is 5.49. The van der Waals surface area contributed by atoms with Crippen molar-refractivity contribution in [3.05, 3.63) is 65.5 Å². The minimum atomic E-state index is -0.877. The fourth-order valence-electron chi connectivity index (χ4n) is 2.90. The van der Waals surface area contributed by atoms with E-state index in [1.807, 2.05) is 0 Å². The van der Waals surface area contributed by atoms with E-state index in [9.17, 15) is 23.6 Å². The van der Waals surface area contributed by atoms with E-state index in [4.69, 9.17) is 4.74 Å². The third kappa shape index (κ3) is 3.75. The number of halogens is 1. The van der Waals surface area contributed by atoms with Crippen LogP contribution >= 0.6 is 0 Å². The maximum Gasteiger partial charge on any atom is 0.326 e. The second kappa shape index (κ2) is 7.99. The highest BCUT2D eigenvalue weighted by Gasteiger charge is 2.36. The van der Waals surface area contributed by atoms with Gasteiger partial charge in [0, 0.05) is 12.2 Å². The average Bonchev–Trinajstić information content (AvgIpc) is 2.93. The zero-order valence-electron chi connectivity index (χ0n) is 15.1. The lowest BCUT2D eigenvalue weighted by atomic mass is 10.1. The number of imide groups is 1. The van der Waals surface area contributed by atoms with Crippen LogP contribution in [0.2, 0.25) is 0 Å². The van der Waals surface area contributed by atoms with E-state index in [0.717, 1.165) is 4.90 Å². The van der Waals surface area contributed by atoms with Crippen LogP contribution in [0, 0.1) is 5.82 Å². The molecule has 0 aromatic heterocycles. The number of esters is 1. The summed E-state index contributed by atoms with van der Waals surface area (Å²) in [5, 5.41) is 0. The van der Waals surface area contributed by atoms with Crippen molar-refractivity contribution in [1.29, 1.82) is 0 Å². The summed E-state index contributed by atoms with van der Waals surface area (Å²) in [6, 6.07) is 11.6. The Hall–Kier alpha value is -3.55. The molecule has 0 spiro atoms. The molecule has 8 heteroatoms. The van der Waals surface area contributed by atoms with Crippen molar-refractivity contribution in [1.82, 2.24) is 4.90 Å². The Morgan fingerprint density at radius 3 is 2.11 bits per heavy atom. The summed E-state index contributed by atoms with van der Waals surface area (Å²) in [5.74, 6) is -2.97. The molecule has 144 valence electrons. The van der Waals surface area contributed by atoms with E-state index in [1.165, 1.54) is 41.3 Å². The molecule has 0 saturated heterocycles. The summed E-state index contributed by atoms with van der Waals surface area (Å²) in [4.78, 5) is 51.0. The predicted octanol–water partition coefficient (Wildman–Crippen LogP) is 2.02. The number of carbonyl (C=O) groups is 4. The number of anilines is 1. The second-order valence-corrected chi connectivity index (χ2v) is 6.02. The Bertz CT molecular complexity index is 907. The smallest absolute Gasteiger partial charge is 0.326 e. The Balaban J connectivity index is 1.58. The van der Waals surface area contributed by atoms with E-state index < -0.39 is 42.7 Å². The highest BCUT2D eigenvalue weighted by molar-refractivity contribution is 6.22. The van der Waals surface area contributed by atoms with Gasteiger partial charge in [0.1, 0.15) is 12.4 Å². The number of hydrogen-bond acceptors (Lipinski definition) is 5. The molecule has 28 heavy (non-hydrogen) atoms. The molecule has 7 nitrogen and oxygen atoms in total. The monoisotopic (exact) mass is 384 g/mol. The largest absolute Gasteiger partial charge is 0.454 e. The number of carbonyl (C=O) groups excluding carboxylic acids is 4. The minimum absolute atomic E-state index is 0.227. The van der Waals surface area contributed by atoms with E-state index in [1.54, 1.807) is 19.1 Å². The van der Waals surface area contributed by atoms with Gasteiger partial charge < -0.3 is 9.64 Å². The first kappa shape index (κ1) is 19.2. The van der Waals surface area contributed by atoms with Gasteiger partial charge in [0.05, 0.1) is 11.1 Å². The van der Waals surface area contributed by atoms with E-state index in [-0.39, 0.29) is 11.1 Å². The molecule has 1 aliphatic rings. The summed E-state index contributed by atoms with van der Waals surface area (Å²) in [6.07, 6.45) is 0. The maximum absolute atomic E-state index is 13.0. The van der Waals surface area contributed by atoms with Crippen LogP contribution in [0.25, 0.3) is 0 Å². The first-order valence-electron chi connectivity index (χ1n) is 8.59. The lowest BCUT2D eigenvalue weighted by Gasteiger charge is -2.21. The van der Waals surface area contributed by atoms with Crippen LogP contribution in [0.1, 0.15) is 27.6 Å². The van der Waals surface area contributed by atoms with Gasteiger partial charge in [-0.1, -0.05) is 12.1 Å². The number of amides is 3. The molecule has 0 atom stereocenters. The van der Waals surface area contributed by atoms with Gasteiger partial charge in [-0.25, -0.2) is 4.39 Å². The Labute approximate surface area is 160 Å². The average molecular weight is 384 g/mol. The van der Waals surface area contributed by atoms with Crippen molar-refractivity contribution in [2.75, 3.05) is 24.6 Å². The fraction of sp³-hybridized carbons (Fsp3) is 0.200. The minimum Gasteiger partial charge on any atom is -0.454 e. The molecule has 0 N–H and O–H groups in total. The van der Waals surface area contributed by atoms with E-state index in [0.29, 0.717) is 12.2 Å². The molecular weight excluding hydrogens is 367 g/mol. The van der Waals surface area contributed by atoms with Gasteiger partial charge in [-0.3, -0.25) is 24.1 Å². The molecule has 0 bridgehead atoms. The van der Waals surface area contributed by atoms with Crippen LogP contribution in [-0.2, 0) is 14.3 Å². The fourth-order valence-corrected chi connectivity index (χ4v) is 2.90. The first-order chi connectivity index (χ1) is 13.4. The van der Waals surface area contributed by atoms with E-state index >= 15 is 0 Å². The molecule has 0 fully saturated rings. The quantitative estimate of drug-likeness (QED) is 0.562. The Morgan fingerprint density at radius 1 is 1.00 bits per heavy atom. The van der Waals surface area contributed by atoms with Crippen LogP contribution < -0.4 is 4.90 Å². The van der Waals surface area contributed by atoms with Crippen LogP contribution in [-0.4, -0.2) is 48.3 Å². The molecule has 3 amide bonds. The lowest BCUT2D eigenvalue weighted by Crippen LogP contribution is -2.38. The molecule has 3 rings (SSSR count). The van der Waals surface area contributed by atoms with Gasteiger partial charge in [-0.05, 0) is 43.3 Å².